The van der Waals surface area contributed by atoms with Crippen LogP contribution in [0.4, 0.5) is 0 Å². The van der Waals surface area contributed by atoms with E-state index in [4.69, 9.17) is 23.2 Å². The van der Waals surface area contributed by atoms with Gasteiger partial charge in [-0.05, 0) is 24.4 Å². The van der Waals surface area contributed by atoms with Gasteiger partial charge in [-0.25, -0.2) is 9.97 Å². The van der Waals surface area contributed by atoms with E-state index in [0.29, 0.717) is 5.69 Å². The van der Waals surface area contributed by atoms with Crippen molar-refractivity contribution in [3.05, 3.63) is 22.2 Å². The third-order valence-corrected chi connectivity index (χ3v) is 3.19. The minimum Gasteiger partial charge on any atom is -0.384 e. The molecular formula is C10H12Cl2N2O. The summed E-state index contributed by atoms with van der Waals surface area (Å²) < 4.78 is 0. The lowest BCUT2D eigenvalue weighted by atomic mass is 9.82. The lowest BCUT2D eigenvalue weighted by Gasteiger charge is -2.31. The summed E-state index contributed by atoms with van der Waals surface area (Å²) >= 11 is 11.5. The van der Waals surface area contributed by atoms with E-state index >= 15 is 0 Å². The predicted molar refractivity (Wildman–Crippen MR) is 59.0 cm³/mol. The van der Waals surface area contributed by atoms with Crippen molar-refractivity contribution in [2.45, 2.75) is 37.7 Å². The van der Waals surface area contributed by atoms with Crippen LogP contribution >= 0.6 is 23.2 Å². The molecule has 1 aliphatic rings. The molecule has 1 saturated carbocycles. The summed E-state index contributed by atoms with van der Waals surface area (Å²) in [6.07, 6.45) is 4.62. The van der Waals surface area contributed by atoms with Gasteiger partial charge in [0.1, 0.15) is 10.8 Å². The third-order valence-electron chi connectivity index (χ3n) is 2.83. The second kappa shape index (κ2) is 4.24. The van der Waals surface area contributed by atoms with Gasteiger partial charge in [-0.3, -0.25) is 0 Å². The first-order chi connectivity index (χ1) is 7.10. The summed E-state index contributed by atoms with van der Waals surface area (Å²) in [5.74, 6) is 0. The molecule has 1 aliphatic carbocycles. The van der Waals surface area contributed by atoms with Crippen LogP contribution in [0.5, 0.6) is 0 Å². The highest BCUT2D eigenvalue weighted by Crippen LogP contribution is 2.36. The monoisotopic (exact) mass is 246 g/mol. The molecule has 0 aromatic carbocycles. The maximum absolute atomic E-state index is 10.4. The molecule has 1 fully saturated rings. The van der Waals surface area contributed by atoms with E-state index in [2.05, 4.69) is 9.97 Å². The molecule has 0 spiro atoms. The molecule has 3 nitrogen and oxygen atoms in total. The summed E-state index contributed by atoms with van der Waals surface area (Å²) in [4.78, 5) is 7.82. The van der Waals surface area contributed by atoms with Gasteiger partial charge in [0.15, 0.2) is 0 Å². The second-order valence-corrected chi connectivity index (χ2v) is 4.66. The predicted octanol–water partition coefficient (Wildman–Crippen LogP) is 2.94. The van der Waals surface area contributed by atoms with Gasteiger partial charge in [0.05, 0.1) is 5.69 Å². The topological polar surface area (TPSA) is 46.0 Å². The molecule has 82 valence electrons. The summed E-state index contributed by atoms with van der Waals surface area (Å²) in [6.45, 7) is 0. The van der Waals surface area contributed by atoms with E-state index in [1.165, 1.54) is 0 Å². The van der Waals surface area contributed by atoms with Crippen LogP contribution in [-0.4, -0.2) is 15.1 Å². The van der Waals surface area contributed by atoms with Crippen molar-refractivity contribution in [1.82, 2.24) is 9.97 Å². The van der Waals surface area contributed by atoms with E-state index in [1.807, 2.05) is 0 Å². The molecule has 1 N–H and O–H groups in total. The van der Waals surface area contributed by atoms with Crippen molar-refractivity contribution in [2.24, 2.45) is 0 Å². The highest BCUT2D eigenvalue weighted by Gasteiger charge is 2.33. The number of rotatable bonds is 1. The largest absolute Gasteiger partial charge is 0.384 e. The summed E-state index contributed by atoms with van der Waals surface area (Å²) in [6, 6.07) is 1.60. The van der Waals surface area contributed by atoms with Gasteiger partial charge in [0.25, 0.3) is 0 Å². The number of aliphatic hydroxyl groups is 1. The minimum atomic E-state index is -0.867. The SMILES string of the molecule is OC1(c2cc(Cl)nc(Cl)n2)CCCCC1. The van der Waals surface area contributed by atoms with Crippen LogP contribution in [0.15, 0.2) is 6.07 Å². The normalized spacial score (nSPS) is 20.2. The minimum absolute atomic E-state index is 0.0940. The van der Waals surface area contributed by atoms with Gasteiger partial charge >= 0.3 is 0 Å². The van der Waals surface area contributed by atoms with Gasteiger partial charge in [-0.2, -0.15) is 0 Å². The molecule has 0 saturated heterocycles. The number of aromatic nitrogens is 2. The van der Waals surface area contributed by atoms with E-state index in [9.17, 15) is 5.11 Å². The summed E-state index contributed by atoms with van der Waals surface area (Å²) in [5.41, 5.74) is -0.318. The third kappa shape index (κ3) is 2.41. The number of nitrogens with zero attached hydrogens (tertiary/aromatic N) is 2. The zero-order valence-corrected chi connectivity index (χ0v) is 9.72. The Hall–Kier alpha value is -0.380. The molecule has 15 heavy (non-hydrogen) atoms. The molecule has 0 atom stereocenters. The van der Waals surface area contributed by atoms with E-state index in [0.717, 1.165) is 32.1 Å². The highest BCUT2D eigenvalue weighted by atomic mass is 35.5. The Morgan fingerprint density at radius 2 is 1.80 bits per heavy atom. The Labute approximate surface area is 98.5 Å². The first-order valence-corrected chi connectivity index (χ1v) is 5.79. The van der Waals surface area contributed by atoms with Crippen molar-refractivity contribution in [2.75, 3.05) is 0 Å². The van der Waals surface area contributed by atoms with Crippen LogP contribution in [0.2, 0.25) is 10.4 Å². The molecule has 1 heterocycles. The van der Waals surface area contributed by atoms with Gasteiger partial charge < -0.3 is 5.11 Å². The quantitative estimate of drug-likeness (QED) is 0.613. The molecule has 0 unspecified atom stereocenters. The van der Waals surface area contributed by atoms with Gasteiger partial charge in [0.2, 0.25) is 5.28 Å². The van der Waals surface area contributed by atoms with Gasteiger partial charge in [0, 0.05) is 6.07 Å². The zero-order valence-electron chi connectivity index (χ0n) is 8.21. The highest BCUT2D eigenvalue weighted by molar-refractivity contribution is 6.31. The van der Waals surface area contributed by atoms with E-state index < -0.39 is 5.60 Å². The molecule has 1 aromatic rings. The molecule has 0 amide bonds. The number of hydrogen-bond acceptors (Lipinski definition) is 3. The Kier molecular flexibility index (Phi) is 3.14. The van der Waals surface area contributed by atoms with Crippen LogP contribution in [0.25, 0.3) is 0 Å². The van der Waals surface area contributed by atoms with Crippen LogP contribution in [0, 0.1) is 0 Å². The van der Waals surface area contributed by atoms with Crippen molar-refractivity contribution in [3.8, 4) is 0 Å². The molecule has 1 aromatic heterocycles. The number of halogens is 2. The van der Waals surface area contributed by atoms with Crippen molar-refractivity contribution >= 4 is 23.2 Å². The van der Waals surface area contributed by atoms with Crippen molar-refractivity contribution < 1.29 is 5.11 Å². The smallest absolute Gasteiger partial charge is 0.224 e. The fraction of sp³-hybridized carbons (Fsp3) is 0.600. The van der Waals surface area contributed by atoms with Gasteiger partial charge in [-0.1, -0.05) is 30.9 Å². The van der Waals surface area contributed by atoms with Crippen LogP contribution in [0.1, 0.15) is 37.8 Å². The Balaban J connectivity index is 2.34. The van der Waals surface area contributed by atoms with Crippen molar-refractivity contribution in [3.63, 3.8) is 0 Å². The fourth-order valence-electron chi connectivity index (χ4n) is 2.02. The Morgan fingerprint density at radius 1 is 1.13 bits per heavy atom. The van der Waals surface area contributed by atoms with Crippen molar-refractivity contribution in [1.29, 1.82) is 0 Å². The molecular weight excluding hydrogens is 235 g/mol. The first-order valence-electron chi connectivity index (χ1n) is 5.03. The molecule has 2 rings (SSSR count). The fourth-order valence-corrected chi connectivity index (χ4v) is 2.43. The number of hydrogen-bond donors (Lipinski definition) is 1. The Bertz CT molecular complexity index is 344. The van der Waals surface area contributed by atoms with Crippen LogP contribution in [-0.2, 0) is 5.60 Å². The van der Waals surface area contributed by atoms with Crippen LogP contribution in [0.3, 0.4) is 0 Å². The average molecular weight is 247 g/mol. The lowest BCUT2D eigenvalue weighted by Crippen LogP contribution is -2.29. The first kappa shape index (κ1) is 11.1. The van der Waals surface area contributed by atoms with Crippen LogP contribution < -0.4 is 0 Å². The lowest BCUT2D eigenvalue weighted by molar-refractivity contribution is -0.00473. The maximum atomic E-state index is 10.4. The molecule has 0 aliphatic heterocycles. The van der Waals surface area contributed by atoms with Gasteiger partial charge in [-0.15, -0.1) is 0 Å². The van der Waals surface area contributed by atoms with E-state index in [1.54, 1.807) is 6.07 Å². The Morgan fingerprint density at radius 3 is 2.40 bits per heavy atom. The molecule has 0 bridgehead atoms. The molecule has 5 heteroatoms. The molecule has 0 radical (unpaired) electrons. The second-order valence-electron chi connectivity index (χ2n) is 3.94. The van der Waals surface area contributed by atoms with E-state index in [-0.39, 0.29) is 10.4 Å². The zero-order chi connectivity index (χ0) is 10.9. The summed E-state index contributed by atoms with van der Waals surface area (Å²) in [5, 5.41) is 10.8. The maximum Gasteiger partial charge on any atom is 0.224 e. The average Bonchev–Trinajstić information content (AvgIpc) is 2.17. The summed E-state index contributed by atoms with van der Waals surface area (Å²) in [7, 11) is 0. The standard InChI is InChI=1S/C10H12Cl2N2O/c11-8-6-7(13-9(12)14-8)10(15)4-2-1-3-5-10/h6,15H,1-5H2.